The van der Waals surface area contributed by atoms with Gasteiger partial charge >= 0.3 is 0 Å². The number of nitrogens with one attached hydrogen (secondary N) is 1. The summed E-state index contributed by atoms with van der Waals surface area (Å²) in [5.41, 5.74) is 3.95. The number of carbonyl (C=O) groups is 1. The number of carbonyl (C=O) groups excluding carboxylic acids is 1. The normalized spacial score (nSPS) is 38.8. The van der Waals surface area contributed by atoms with Crippen molar-refractivity contribution in [1.82, 2.24) is 15.1 Å². The van der Waals surface area contributed by atoms with Crippen molar-refractivity contribution in [2.45, 2.75) is 71.6 Å². The third-order valence-corrected chi connectivity index (χ3v) is 10.4. The van der Waals surface area contributed by atoms with Crippen molar-refractivity contribution in [2.75, 3.05) is 26.3 Å². The van der Waals surface area contributed by atoms with E-state index >= 15 is 0 Å². The van der Waals surface area contributed by atoms with Gasteiger partial charge < -0.3 is 15.1 Å². The number of piperidine rings is 1. The number of likely N-dealkylation sites (tertiary alicyclic amines) is 1. The Morgan fingerprint density at radius 1 is 1.15 bits per heavy atom. The fraction of sp³-hybridized carbons (Fsp3) is 0.778. The van der Waals surface area contributed by atoms with E-state index in [9.17, 15) is 15.0 Å². The highest BCUT2D eigenvalue weighted by molar-refractivity contribution is 5.94. The molecule has 33 heavy (non-hydrogen) atoms. The third kappa shape index (κ3) is 3.51. The van der Waals surface area contributed by atoms with E-state index in [4.69, 9.17) is 0 Å². The summed E-state index contributed by atoms with van der Waals surface area (Å²) in [5, 5.41) is 28.7. The quantitative estimate of drug-likeness (QED) is 0.604. The van der Waals surface area contributed by atoms with Crippen molar-refractivity contribution < 1.29 is 15.0 Å². The Balaban J connectivity index is 1.47. The summed E-state index contributed by atoms with van der Waals surface area (Å²) in [6.07, 6.45) is 9.07. The van der Waals surface area contributed by atoms with E-state index in [2.05, 4.69) is 30.6 Å². The molecule has 1 saturated heterocycles. The second-order valence-corrected chi connectivity index (χ2v) is 11.8. The lowest BCUT2D eigenvalue weighted by atomic mass is 9.49. The van der Waals surface area contributed by atoms with Crippen LogP contribution in [-0.2, 0) is 12.8 Å². The van der Waals surface area contributed by atoms with Crippen LogP contribution in [0.25, 0.3) is 0 Å². The summed E-state index contributed by atoms with van der Waals surface area (Å²) in [7, 11) is 0. The number of aliphatic hydroxyl groups is 2. The Morgan fingerprint density at radius 2 is 1.91 bits per heavy atom. The van der Waals surface area contributed by atoms with Crippen LogP contribution < -0.4 is 0 Å². The molecule has 6 heteroatoms. The minimum atomic E-state index is -0.179. The Kier molecular flexibility index (Phi) is 5.97. The number of hydrogen-bond donors (Lipinski definition) is 3. The summed E-state index contributed by atoms with van der Waals surface area (Å²) in [6.45, 7) is 11.0. The number of amides is 1. The zero-order valence-corrected chi connectivity index (χ0v) is 20.4. The summed E-state index contributed by atoms with van der Waals surface area (Å²) in [4.78, 5) is 15.3. The van der Waals surface area contributed by atoms with Gasteiger partial charge in [-0.25, -0.2) is 0 Å². The maximum atomic E-state index is 13.4. The van der Waals surface area contributed by atoms with Crippen LogP contribution in [-0.4, -0.2) is 57.5 Å². The summed E-state index contributed by atoms with van der Waals surface area (Å²) in [5.74, 6) is 1.11. The average Bonchev–Trinajstić information content (AvgIpc) is 3.37. The number of H-pyrrole nitrogens is 1. The molecule has 0 spiro atoms. The van der Waals surface area contributed by atoms with Gasteiger partial charge in [0.05, 0.1) is 0 Å². The predicted octanol–water partition coefficient (Wildman–Crippen LogP) is 3.74. The molecule has 6 nitrogen and oxygen atoms in total. The van der Waals surface area contributed by atoms with Gasteiger partial charge in [-0.05, 0) is 92.3 Å². The molecule has 0 aromatic carbocycles. The molecule has 182 valence electrons. The number of nitrogens with zero attached hydrogens (tertiary/aromatic N) is 2. The van der Waals surface area contributed by atoms with Crippen LogP contribution in [0.2, 0.25) is 0 Å². The fourth-order valence-corrected chi connectivity index (χ4v) is 8.16. The predicted molar refractivity (Wildman–Crippen MR) is 128 cm³/mol. The van der Waals surface area contributed by atoms with Gasteiger partial charge in [0, 0.05) is 37.6 Å². The topological polar surface area (TPSA) is 89.5 Å². The molecule has 0 bridgehead atoms. The van der Waals surface area contributed by atoms with E-state index in [0.29, 0.717) is 24.0 Å². The van der Waals surface area contributed by atoms with Crippen LogP contribution in [0.15, 0.2) is 12.2 Å². The van der Waals surface area contributed by atoms with E-state index in [1.807, 2.05) is 4.90 Å². The molecule has 2 saturated carbocycles. The first-order valence-electron chi connectivity index (χ1n) is 13.1. The van der Waals surface area contributed by atoms with Crippen molar-refractivity contribution in [3.8, 4) is 0 Å². The Morgan fingerprint density at radius 3 is 2.61 bits per heavy atom. The molecule has 4 aliphatic rings. The maximum Gasteiger partial charge on any atom is 0.274 e. The highest BCUT2D eigenvalue weighted by Crippen LogP contribution is 2.62. The van der Waals surface area contributed by atoms with Crippen LogP contribution >= 0.6 is 0 Å². The number of hydrogen-bond acceptors (Lipinski definition) is 4. The van der Waals surface area contributed by atoms with E-state index in [1.54, 1.807) is 0 Å². The first kappa shape index (κ1) is 23.1. The number of aliphatic hydroxyl groups excluding tert-OH is 2. The largest absolute Gasteiger partial charge is 0.396 e. The standard InChI is InChI=1S/C27H41N3O3/c1-17-7-8-21-20(16-32)22(9-10-26(17,21)2)27(3)14-19-23(13-18(27)15-31)28-29-24(19)25(33)30-11-5-4-6-12-30/h18,20-22,31-32H,1,4-16H2,2-3H3,(H,28,29)/t18-,20+,21+,22+,26-,27+/m1/s1. The van der Waals surface area contributed by atoms with Crippen LogP contribution in [0.1, 0.15) is 80.5 Å². The van der Waals surface area contributed by atoms with E-state index < -0.39 is 0 Å². The fourth-order valence-electron chi connectivity index (χ4n) is 8.16. The molecular formula is C27H41N3O3. The molecule has 0 radical (unpaired) electrons. The molecule has 3 fully saturated rings. The lowest BCUT2D eigenvalue weighted by Crippen LogP contribution is -2.52. The van der Waals surface area contributed by atoms with Crippen molar-refractivity contribution in [1.29, 1.82) is 0 Å². The van der Waals surface area contributed by atoms with Crippen LogP contribution in [0.3, 0.4) is 0 Å². The molecule has 1 amide bonds. The average molecular weight is 456 g/mol. The van der Waals surface area contributed by atoms with Crippen molar-refractivity contribution >= 4 is 5.91 Å². The highest BCUT2D eigenvalue weighted by Gasteiger charge is 2.57. The molecule has 3 N–H and O–H groups in total. The van der Waals surface area contributed by atoms with E-state index in [1.165, 1.54) is 12.0 Å². The summed E-state index contributed by atoms with van der Waals surface area (Å²) in [6, 6.07) is 0. The SMILES string of the molecule is C=C1CC[C@H]2[C@H](CO)[C@@H]([C@@]3(C)Cc4c(C(=O)N5CCCCC5)n[nH]c4C[C@@H]3CO)CC[C@]12C. The van der Waals surface area contributed by atoms with Gasteiger partial charge in [0.2, 0.25) is 0 Å². The monoisotopic (exact) mass is 455 g/mol. The van der Waals surface area contributed by atoms with Crippen LogP contribution in [0, 0.1) is 34.5 Å². The lowest BCUT2D eigenvalue weighted by Gasteiger charge is -2.55. The van der Waals surface area contributed by atoms with Gasteiger partial charge in [-0.2, -0.15) is 5.10 Å². The van der Waals surface area contributed by atoms with Gasteiger partial charge in [-0.3, -0.25) is 9.89 Å². The minimum Gasteiger partial charge on any atom is -0.396 e. The second kappa shape index (κ2) is 8.53. The van der Waals surface area contributed by atoms with Gasteiger partial charge in [0.25, 0.3) is 5.91 Å². The maximum absolute atomic E-state index is 13.4. The molecule has 2 heterocycles. The van der Waals surface area contributed by atoms with Crippen molar-refractivity contribution in [3.05, 3.63) is 29.1 Å². The second-order valence-electron chi connectivity index (χ2n) is 11.8. The molecule has 1 aliphatic heterocycles. The molecular weight excluding hydrogens is 414 g/mol. The van der Waals surface area contributed by atoms with Gasteiger partial charge in [0.1, 0.15) is 0 Å². The summed E-state index contributed by atoms with van der Waals surface area (Å²) < 4.78 is 0. The molecule has 1 aromatic rings. The zero-order chi connectivity index (χ0) is 23.4. The molecule has 5 rings (SSSR count). The van der Waals surface area contributed by atoms with Gasteiger partial charge in [0.15, 0.2) is 5.69 Å². The smallest absolute Gasteiger partial charge is 0.274 e. The molecule has 0 unspecified atom stereocenters. The number of aromatic nitrogens is 2. The molecule has 6 atom stereocenters. The van der Waals surface area contributed by atoms with Crippen LogP contribution in [0.5, 0.6) is 0 Å². The highest BCUT2D eigenvalue weighted by atomic mass is 16.3. The first-order chi connectivity index (χ1) is 15.8. The van der Waals surface area contributed by atoms with E-state index in [0.717, 1.165) is 69.3 Å². The molecule has 1 aromatic heterocycles. The number of allylic oxidation sites excluding steroid dienone is 1. The van der Waals surface area contributed by atoms with Crippen molar-refractivity contribution in [2.24, 2.45) is 34.5 Å². The zero-order valence-electron chi connectivity index (χ0n) is 20.4. The number of fused-ring (bicyclic) bond motifs is 2. The van der Waals surface area contributed by atoms with Crippen LogP contribution in [0.4, 0.5) is 0 Å². The minimum absolute atomic E-state index is 0.0546. The van der Waals surface area contributed by atoms with Crippen molar-refractivity contribution in [3.63, 3.8) is 0 Å². The first-order valence-corrected chi connectivity index (χ1v) is 13.1. The van der Waals surface area contributed by atoms with Gasteiger partial charge in [-0.15, -0.1) is 0 Å². The number of rotatable bonds is 4. The summed E-state index contributed by atoms with van der Waals surface area (Å²) >= 11 is 0. The van der Waals surface area contributed by atoms with Gasteiger partial charge in [-0.1, -0.05) is 26.0 Å². The Hall–Kier alpha value is -1.66. The Bertz CT molecular complexity index is 920. The lowest BCUT2D eigenvalue weighted by molar-refractivity contribution is -0.0738. The Labute approximate surface area is 197 Å². The third-order valence-electron chi connectivity index (χ3n) is 10.4. The molecule has 3 aliphatic carbocycles. The van der Waals surface area contributed by atoms with E-state index in [-0.39, 0.29) is 41.8 Å². The number of aromatic amines is 1.